The van der Waals surface area contributed by atoms with Crippen molar-refractivity contribution in [3.8, 4) is 0 Å². The summed E-state index contributed by atoms with van der Waals surface area (Å²) in [6.07, 6.45) is 1.14. The summed E-state index contributed by atoms with van der Waals surface area (Å²) in [5.74, 6) is -0.881. The highest BCUT2D eigenvalue weighted by molar-refractivity contribution is 7.89. The van der Waals surface area contributed by atoms with E-state index in [2.05, 4.69) is 5.32 Å². The molecule has 2 aromatic carbocycles. The first kappa shape index (κ1) is 16.2. The van der Waals surface area contributed by atoms with E-state index in [1.165, 1.54) is 12.1 Å². The third-order valence-electron chi connectivity index (χ3n) is 3.02. The van der Waals surface area contributed by atoms with Gasteiger partial charge in [0.05, 0.1) is 5.75 Å². The first-order valence-electron chi connectivity index (χ1n) is 6.63. The fourth-order valence-corrected chi connectivity index (χ4v) is 2.81. The van der Waals surface area contributed by atoms with E-state index < -0.39 is 9.84 Å². The molecule has 0 aliphatic carbocycles. The van der Waals surface area contributed by atoms with Gasteiger partial charge in [-0.25, -0.2) is 12.8 Å². The van der Waals surface area contributed by atoms with Gasteiger partial charge in [-0.1, -0.05) is 30.3 Å². The lowest BCUT2D eigenvalue weighted by Crippen LogP contribution is -2.23. The highest BCUT2D eigenvalue weighted by atomic mass is 32.2. The molecule has 0 aromatic heterocycles. The van der Waals surface area contributed by atoms with Crippen molar-refractivity contribution in [2.24, 2.45) is 0 Å². The predicted molar refractivity (Wildman–Crippen MR) is 82.6 cm³/mol. The minimum atomic E-state index is -3.16. The van der Waals surface area contributed by atoms with E-state index in [1.807, 2.05) is 0 Å². The van der Waals surface area contributed by atoms with Crippen LogP contribution in [0.3, 0.4) is 0 Å². The first-order chi connectivity index (χ1) is 10.3. The number of hydrogen-bond donors (Lipinski definition) is 1. The van der Waals surface area contributed by atoms with Crippen molar-refractivity contribution in [1.29, 1.82) is 0 Å². The van der Waals surface area contributed by atoms with Crippen molar-refractivity contribution in [1.82, 2.24) is 5.32 Å². The van der Waals surface area contributed by atoms with Crippen molar-refractivity contribution < 1.29 is 17.6 Å². The Morgan fingerprint density at radius 2 is 1.86 bits per heavy atom. The van der Waals surface area contributed by atoms with Gasteiger partial charge in [-0.3, -0.25) is 4.79 Å². The van der Waals surface area contributed by atoms with Gasteiger partial charge in [0.2, 0.25) is 0 Å². The molecule has 0 heterocycles. The van der Waals surface area contributed by atoms with E-state index in [0.29, 0.717) is 16.7 Å². The Morgan fingerprint density at radius 3 is 2.55 bits per heavy atom. The molecule has 0 radical (unpaired) electrons. The molecule has 116 valence electrons. The number of hydrogen-bond acceptors (Lipinski definition) is 3. The molecule has 6 heteroatoms. The van der Waals surface area contributed by atoms with E-state index in [1.54, 1.807) is 36.4 Å². The van der Waals surface area contributed by atoms with E-state index in [-0.39, 0.29) is 24.0 Å². The minimum Gasteiger partial charge on any atom is -0.348 e. The largest absolute Gasteiger partial charge is 0.348 e. The van der Waals surface area contributed by atoms with Crippen LogP contribution in [0.1, 0.15) is 21.5 Å². The second kappa shape index (κ2) is 6.70. The summed E-state index contributed by atoms with van der Waals surface area (Å²) in [5.41, 5.74) is 1.28. The Morgan fingerprint density at radius 1 is 1.14 bits per heavy atom. The maximum atomic E-state index is 13.5. The van der Waals surface area contributed by atoms with E-state index >= 15 is 0 Å². The molecule has 0 unspecified atom stereocenters. The highest BCUT2D eigenvalue weighted by Gasteiger charge is 2.10. The van der Waals surface area contributed by atoms with Crippen LogP contribution in [0, 0.1) is 5.82 Å². The quantitative estimate of drug-likeness (QED) is 0.919. The maximum absolute atomic E-state index is 13.5. The van der Waals surface area contributed by atoms with Crippen molar-refractivity contribution in [2.45, 2.75) is 12.3 Å². The third-order valence-corrected chi connectivity index (χ3v) is 3.87. The second-order valence-corrected chi connectivity index (χ2v) is 7.18. The molecule has 0 saturated heterocycles. The van der Waals surface area contributed by atoms with Gasteiger partial charge >= 0.3 is 0 Å². The van der Waals surface area contributed by atoms with E-state index in [4.69, 9.17) is 0 Å². The first-order valence-corrected chi connectivity index (χ1v) is 8.69. The lowest BCUT2D eigenvalue weighted by molar-refractivity contribution is 0.0950. The molecule has 1 amide bonds. The topological polar surface area (TPSA) is 63.2 Å². The molecule has 1 N–H and O–H groups in total. The summed E-state index contributed by atoms with van der Waals surface area (Å²) < 4.78 is 36.0. The van der Waals surface area contributed by atoms with Crippen LogP contribution in [0.15, 0.2) is 48.5 Å². The summed E-state index contributed by atoms with van der Waals surface area (Å²) in [6.45, 7) is 0.0712. The number of carbonyl (C=O) groups excluding carboxylic acids is 1. The van der Waals surface area contributed by atoms with Gasteiger partial charge in [-0.15, -0.1) is 0 Å². The number of nitrogens with one attached hydrogen (secondary N) is 1. The average Bonchev–Trinajstić information content (AvgIpc) is 2.44. The van der Waals surface area contributed by atoms with Crippen molar-refractivity contribution in [3.63, 3.8) is 0 Å². The maximum Gasteiger partial charge on any atom is 0.251 e. The molecule has 0 aliphatic rings. The van der Waals surface area contributed by atoms with Gasteiger partial charge in [0.25, 0.3) is 5.91 Å². The number of amides is 1. The zero-order valence-corrected chi connectivity index (χ0v) is 12.9. The minimum absolute atomic E-state index is 0.0712. The molecule has 0 saturated carbocycles. The van der Waals surface area contributed by atoms with Crippen LogP contribution >= 0.6 is 0 Å². The smallest absolute Gasteiger partial charge is 0.251 e. The molecular weight excluding hydrogens is 305 g/mol. The Bertz CT molecular complexity index is 787. The fraction of sp³-hybridized carbons (Fsp3) is 0.188. The lowest BCUT2D eigenvalue weighted by Gasteiger charge is -2.07. The van der Waals surface area contributed by atoms with Gasteiger partial charge in [0, 0.05) is 23.9 Å². The summed E-state index contributed by atoms with van der Waals surface area (Å²) in [4.78, 5) is 12.1. The van der Waals surface area contributed by atoms with Crippen LogP contribution < -0.4 is 5.32 Å². The Kier molecular flexibility index (Phi) is 4.92. The van der Waals surface area contributed by atoms with Gasteiger partial charge in [0.1, 0.15) is 5.82 Å². The summed E-state index contributed by atoms with van der Waals surface area (Å²) >= 11 is 0. The number of halogens is 1. The molecule has 0 fully saturated rings. The fourth-order valence-electron chi connectivity index (χ4n) is 2.02. The Balaban J connectivity index is 2.07. The predicted octanol–water partition coefficient (Wildman–Crippen LogP) is 2.30. The molecule has 22 heavy (non-hydrogen) atoms. The van der Waals surface area contributed by atoms with Crippen molar-refractivity contribution in [3.05, 3.63) is 71.0 Å². The number of rotatable bonds is 5. The molecule has 0 spiro atoms. The molecular formula is C16H16FNO3S. The highest BCUT2D eigenvalue weighted by Crippen LogP contribution is 2.10. The molecule has 0 bridgehead atoms. The Hall–Kier alpha value is -2.21. The summed E-state index contributed by atoms with van der Waals surface area (Å²) in [5, 5.41) is 2.62. The van der Waals surface area contributed by atoms with Crippen LogP contribution in [0.2, 0.25) is 0 Å². The van der Waals surface area contributed by atoms with Gasteiger partial charge in [-0.2, -0.15) is 0 Å². The number of benzene rings is 2. The van der Waals surface area contributed by atoms with Gasteiger partial charge in [-0.05, 0) is 23.8 Å². The molecule has 4 nitrogen and oxygen atoms in total. The van der Waals surface area contributed by atoms with Crippen molar-refractivity contribution in [2.75, 3.05) is 6.26 Å². The van der Waals surface area contributed by atoms with E-state index in [9.17, 15) is 17.6 Å². The zero-order chi connectivity index (χ0) is 16.2. The normalized spacial score (nSPS) is 11.2. The monoisotopic (exact) mass is 321 g/mol. The molecule has 2 aromatic rings. The number of sulfone groups is 1. The van der Waals surface area contributed by atoms with Crippen LogP contribution in [-0.4, -0.2) is 20.6 Å². The average molecular weight is 321 g/mol. The van der Waals surface area contributed by atoms with Crippen molar-refractivity contribution >= 4 is 15.7 Å². The van der Waals surface area contributed by atoms with Crippen LogP contribution in [0.4, 0.5) is 4.39 Å². The molecule has 2 rings (SSSR count). The standard InChI is InChI=1S/C16H16FNO3S/c1-22(20,21)11-12-5-4-7-13(9-12)16(19)18-10-14-6-2-3-8-15(14)17/h2-9H,10-11H2,1H3,(H,18,19). The van der Waals surface area contributed by atoms with Gasteiger partial charge < -0.3 is 5.32 Å². The van der Waals surface area contributed by atoms with Crippen LogP contribution in [0.25, 0.3) is 0 Å². The molecule has 0 atom stereocenters. The molecule has 0 aliphatic heterocycles. The van der Waals surface area contributed by atoms with Crippen LogP contribution in [0.5, 0.6) is 0 Å². The van der Waals surface area contributed by atoms with E-state index in [0.717, 1.165) is 6.26 Å². The summed E-state index contributed by atoms with van der Waals surface area (Å²) in [7, 11) is -3.16. The zero-order valence-electron chi connectivity index (χ0n) is 12.0. The summed E-state index contributed by atoms with van der Waals surface area (Å²) in [6, 6.07) is 12.6. The van der Waals surface area contributed by atoms with Gasteiger partial charge in [0.15, 0.2) is 9.84 Å². The third kappa shape index (κ3) is 4.66. The lowest BCUT2D eigenvalue weighted by atomic mass is 10.1. The van der Waals surface area contributed by atoms with Crippen LogP contribution in [-0.2, 0) is 22.1 Å². The second-order valence-electron chi connectivity index (χ2n) is 5.04. The SMILES string of the molecule is CS(=O)(=O)Cc1cccc(C(=O)NCc2ccccc2F)c1. The Labute approximate surface area is 128 Å². The number of carbonyl (C=O) groups is 1.